The molecule has 2 rings (SSSR count). The van der Waals surface area contributed by atoms with E-state index in [4.69, 9.17) is 21.1 Å². The van der Waals surface area contributed by atoms with Crippen LogP contribution in [0.4, 0.5) is 5.69 Å². The molecule has 0 saturated carbocycles. The molecular formula is C14H18ClNO3. The molecule has 1 saturated heterocycles. The summed E-state index contributed by atoms with van der Waals surface area (Å²) in [5.74, 6) is 1.44. The second kappa shape index (κ2) is 6.15. The third-order valence-electron chi connectivity index (χ3n) is 2.91. The Hall–Kier alpha value is -1.42. The average molecular weight is 284 g/mol. The first-order valence-corrected chi connectivity index (χ1v) is 6.93. The van der Waals surface area contributed by atoms with Crippen LogP contribution in [0.25, 0.3) is 0 Å². The van der Waals surface area contributed by atoms with E-state index in [1.807, 2.05) is 32.0 Å². The number of alkyl halides is 1. The summed E-state index contributed by atoms with van der Waals surface area (Å²) < 4.78 is 11.0. The zero-order chi connectivity index (χ0) is 13.8. The monoisotopic (exact) mass is 283 g/mol. The minimum atomic E-state index is -0.141. The van der Waals surface area contributed by atoms with Gasteiger partial charge in [-0.05, 0) is 26.0 Å². The van der Waals surface area contributed by atoms with Gasteiger partial charge in [0.15, 0.2) is 0 Å². The van der Waals surface area contributed by atoms with Crippen molar-refractivity contribution in [2.24, 2.45) is 0 Å². The zero-order valence-electron chi connectivity index (χ0n) is 11.2. The quantitative estimate of drug-likeness (QED) is 0.780. The fraction of sp³-hybridized carbons (Fsp3) is 0.500. The van der Waals surface area contributed by atoms with Gasteiger partial charge in [0, 0.05) is 19.0 Å². The second-order valence-electron chi connectivity index (χ2n) is 4.30. The summed E-state index contributed by atoms with van der Waals surface area (Å²) in [7, 11) is 0. The predicted octanol–water partition coefficient (Wildman–Crippen LogP) is 2.83. The number of amides is 1. The lowest BCUT2D eigenvalue weighted by molar-refractivity contribution is -0.117. The first kappa shape index (κ1) is 14.0. The highest BCUT2D eigenvalue weighted by atomic mass is 35.5. The van der Waals surface area contributed by atoms with E-state index in [-0.39, 0.29) is 11.3 Å². The number of hydrogen-bond acceptors (Lipinski definition) is 3. The molecular weight excluding hydrogens is 266 g/mol. The molecule has 1 amide bonds. The maximum Gasteiger partial charge on any atom is 0.228 e. The number of anilines is 1. The molecule has 1 aliphatic heterocycles. The normalized spacial score (nSPS) is 18.8. The van der Waals surface area contributed by atoms with E-state index in [9.17, 15) is 4.79 Å². The van der Waals surface area contributed by atoms with Crippen molar-refractivity contribution in [3.63, 3.8) is 0 Å². The van der Waals surface area contributed by atoms with Crippen molar-refractivity contribution in [3.8, 4) is 11.5 Å². The molecule has 19 heavy (non-hydrogen) atoms. The van der Waals surface area contributed by atoms with Gasteiger partial charge in [-0.1, -0.05) is 0 Å². The molecule has 0 spiro atoms. The number of carbonyl (C=O) groups is 1. The minimum absolute atomic E-state index is 0.0228. The molecule has 1 aromatic carbocycles. The van der Waals surface area contributed by atoms with Gasteiger partial charge in [0.25, 0.3) is 0 Å². The largest absolute Gasteiger partial charge is 0.494 e. The van der Waals surface area contributed by atoms with E-state index in [0.717, 1.165) is 11.4 Å². The van der Waals surface area contributed by atoms with E-state index in [2.05, 4.69) is 0 Å². The van der Waals surface area contributed by atoms with Crippen molar-refractivity contribution in [3.05, 3.63) is 18.2 Å². The molecule has 0 N–H and O–H groups in total. The molecule has 0 aromatic heterocycles. The van der Waals surface area contributed by atoms with Crippen molar-refractivity contribution in [1.82, 2.24) is 0 Å². The van der Waals surface area contributed by atoms with Crippen molar-refractivity contribution in [2.75, 3.05) is 24.7 Å². The predicted molar refractivity (Wildman–Crippen MR) is 75.4 cm³/mol. The highest BCUT2D eigenvalue weighted by molar-refractivity contribution is 6.24. The molecule has 1 fully saturated rings. The number of ether oxygens (including phenoxy) is 2. The Morgan fingerprint density at radius 2 is 2.05 bits per heavy atom. The molecule has 0 aliphatic carbocycles. The Morgan fingerprint density at radius 1 is 1.32 bits per heavy atom. The van der Waals surface area contributed by atoms with Crippen LogP contribution in [0.1, 0.15) is 20.3 Å². The van der Waals surface area contributed by atoms with Crippen molar-refractivity contribution < 1.29 is 14.3 Å². The van der Waals surface area contributed by atoms with E-state index in [1.165, 1.54) is 0 Å². The highest BCUT2D eigenvalue weighted by Gasteiger charge is 2.31. The van der Waals surface area contributed by atoms with E-state index < -0.39 is 0 Å². The zero-order valence-corrected chi connectivity index (χ0v) is 11.9. The maximum atomic E-state index is 12.0. The molecule has 1 aliphatic rings. The molecule has 4 nitrogen and oxygen atoms in total. The maximum absolute atomic E-state index is 12.0. The summed E-state index contributed by atoms with van der Waals surface area (Å²) in [6, 6.07) is 5.51. The van der Waals surface area contributed by atoms with Gasteiger partial charge in [-0.15, -0.1) is 11.6 Å². The third kappa shape index (κ3) is 3.13. The van der Waals surface area contributed by atoms with Gasteiger partial charge in [-0.3, -0.25) is 4.79 Å². The van der Waals surface area contributed by atoms with Crippen LogP contribution in [0, 0.1) is 0 Å². The summed E-state index contributed by atoms with van der Waals surface area (Å²) in [6.07, 6.45) is 0.367. The van der Waals surface area contributed by atoms with Gasteiger partial charge >= 0.3 is 0 Å². The van der Waals surface area contributed by atoms with E-state index in [1.54, 1.807) is 4.90 Å². The van der Waals surface area contributed by atoms with Crippen LogP contribution in [-0.4, -0.2) is 31.0 Å². The molecule has 1 aromatic rings. The van der Waals surface area contributed by atoms with Gasteiger partial charge < -0.3 is 14.4 Å². The van der Waals surface area contributed by atoms with Gasteiger partial charge in [0.1, 0.15) is 11.5 Å². The molecule has 1 unspecified atom stereocenters. The fourth-order valence-electron chi connectivity index (χ4n) is 2.14. The highest BCUT2D eigenvalue weighted by Crippen LogP contribution is 2.35. The number of benzene rings is 1. The minimum Gasteiger partial charge on any atom is -0.494 e. The molecule has 104 valence electrons. The number of rotatable bonds is 5. The summed E-state index contributed by atoms with van der Waals surface area (Å²) in [4.78, 5) is 13.6. The van der Waals surface area contributed by atoms with E-state index >= 15 is 0 Å². The lowest BCUT2D eigenvalue weighted by atomic mass is 10.2. The van der Waals surface area contributed by atoms with Crippen LogP contribution in [0.15, 0.2) is 18.2 Å². The molecule has 1 heterocycles. The lowest BCUT2D eigenvalue weighted by Gasteiger charge is -2.20. The SMILES string of the molecule is CCOc1ccc(OCC)c(N2CC(Cl)CC2=O)c1. The van der Waals surface area contributed by atoms with Crippen LogP contribution in [0.5, 0.6) is 11.5 Å². The van der Waals surface area contributed by atoms with Crippen LogP contribution in [0.2, 0.25) is 0 Å². The molecule has 5 heteroatoms. The van der Waals surface area contributed by atoms with Gasteiger partial charge in [0.2, 0.25) is 5.91 Å². The van der Waals surface area contributed by atoms with Crippen molar-refractivity contribution >= 4 is 23.2 Å². The Kier molecular flexibility index (Phi) is 4.53. The number of hydrogen-bond donors (Lipinski definition) is 0. The standard InChI is InChI=1S/C14H18ClNO3/c1-3-18-11-5-6-13(19-4-2)12(8-11)16-9-10(15)7-14(16)17/h5-6,8,10H,3-4,7,9H2,1-2H3. The topological polar surface area (TPSA) is 38.8 Å². The Bertz CT molecular complexity index is 464. The molecule has 1 atom stereocenters. The summed E-state index contributed by atoms with van der Waals surface area (Å²) >= 11 is 6.05. The second-order valence-corrected chi connectivity index (χ2v) is 4.92. The Labute approximate surface area is 118 Å². The van der Waals surface area contributed by atoms with Crippen molar-refractivity contribution in [1.29, 1.82) is 0 Å². The Morgan fingerprint density at radius 3 is 2.63 bits per heavy atom. The first-order chi connectivity index (χ1) is 9.15. The fourth-order valence-corrected chi connectivity index (χ4v) is 2.41. The molecule has 0 bridgehead atoms. The van der Waals surface area contributed by atoms with Crippen LogP contribution >= 0.6 is 11.6 Å². The van der Waals surface area contributed by atoms with Crippen LogP contribution in [-0.2, 0) is 4.79 Å². The Balaban J connectivity index is 2.34. The van der Waals surface area contributed by atoms with Gasteiger partial charge in [-0.2, -0.15) is 0 Å². The summed E-state index contributed by atoms with van der Waals surface area (Å²) in [6.45, 7) is 5.48. The first-order valence-electron chi connectivity index (χ1n) is 6.49. The summed E-state index contributed by atoms with van der Waals surface area (Å²) in [5, 5.41) is -0.141. The van der Waals surface area contributed by atoms with Crippen LogP contribution < -0.4 is 14.4 Å². The molecule has 0 radical (unpaired) electrons. The average Bonchev–Trinajstić information content (AvgIpc) is 2.71. The van der Waals surface area contributed by atoms with Gasteiger partial charge in [-0.25, -0.2) is 0 Å². The van der Waals surface area contributed by atoms with Gasteiger partial charge in [0.05, 0.1) is 24.3 Å². The number of halogens is 1. The summed E-state index contributed by atoms with van der Waals surface area (Å²) in [5.41, 5.74) is 0.737. The number of carbonyl (C=O) groups excluding carboxylic acids is 1. The lowest BCUT2D eigenvalue weighted by Crippen LogP contribution is -2.25. The van der Waals surface area contributed by atoms with E-state index in [0.29, 0.717) is 31.9 Å². The third-order valence-corrected chi connectivity index (χ3v) is 3.20. The van der Waals surface area contributed by atoms with Crippen LogP contribution in [0.3, 0.4) is 0 Å². The smallest absolute Gasteiger partial charge is 0.228 e. The van der Waals surface area contributed by atoms with Crippen molar-refractivity contribution in [2.45, 2.75) is 25.6 Å². The number of nitrogens with zero attached hydrogens (tertiary/aromatic N) is 1.